The first kappa shape index (κ1) is 21.6. The molecule has 2 aromatic heterocycles. The zero-order valence-corrected chi connectivity index (χ0v) is 19.4. The topological polar surface area (TPSA) is 51.8 Å². The van der Waals surface area contributed by atoms with Crippen molar-refractivity contribution in [3.05, 3.63) is 89.2 Å². The molecule has 0 unspecified atom stereocenters. The van der Waals surface area contributed by atoms with Gasteiger partial charge in [0, 0.05) is 29.6 Å². The highest BCUT2D eigenvalue weighted by atomic mass is 35.5. The van der Waals surface area contributed by atoms with Crippen molar-refractivity contribution in [2.45, 2.75) is 30.4 Å². The summed E-state index contributed by atoms with van der Waals surface area (Å²) in [5.74, 6) is 2.59. The van der Waals surface area contributed by atoms with Crippen LogP contribution in [0.15, 0.2) is 72.1 Å². The van der Waals surface area contributed by atoms with E-state index in [-0.39, 0.29) is 6.04 Å². The molecule has 6 nitrogen and oxygen atoms in total. The maximum Gasteiger partial charge on any atom is 0.196 e. The number of hydrogen-bond acceptors (Lipinski definition) is 5. The van der Waals surface area contributed by atoms with Gasteiger partial charge in [-0.15, -0.1) is 10.2 Å². The first-order valence-corrected chi connectivity index (χ1v) is 11.4. The van der Waals surface area contributed by atoms with Gasteiger partial charge in [0.1, 0.15) is 5.82 Å². The number of hydrogen-bond donors (Lipinski definition) is 0. The van der Waals surface area contributed by atoms with Crippen molar-refractivity contribution < 1.29 is 0 Å². The van der Waals surface area contributed by atoms with E-state index in [2.05, 4.69) is 60.4 Å². The maximum absolute atomic E-state index is 6.11. The average molecular weight is 453 g/mol. The van der Waals surface area contributed by atoms with Crippen LogP contribution >= 0.6 is 23.4 Å². The monoisotopic (exact) mass is 452 g/mol. The second-order valence-electron chi connectivity index (χ2n) is 7.54. The minimum Gasteiger partial charge on any atom is -0.330 e. The van der Waals surface area contributed by atoms with Crippen LogP contribution in [-0.4, -0.2) is 43.3 Å². The molecule has 0 amide bonds. The number of benzene rings is 2. The molecule has 0 aliphatic rings. The van der Waals surface area contributed by atoms with Crippen molar-refractivity contribution in [1.29, 1.82) is 0 Å². The number of rotatable bonds is 8. The van der Waals surface area contributed by atoms with Gasteiger partial charge in [-0.05, 0) is 50.8 Å². The molecule has 1 atom stereocenters. The molecule has 2 heterocycles. The second kappa shape index (κ2) is 9.68. The molecule has 0 aliphatic carbocycles. The summed E-state index contributed by atoms with van der Waals surface area (Å²) >= 11 is 7.75. The maximum atomic E-state index is 6.11. The lowest BCUT2D eigenvalue weighted by molar-refractivity contribution is 0.305. The van der Waals surface area contributed by atoms with E-state index in [1.165, 1.54) is 5.56 Å². The molecular weight excluding hydrogens is 428 g/mol. The van der Waals surface area contributed by atoms with Gasteiger partial charge in [0.05, 0.1) is 11.8 Å². The van der Waals surface area contributed by atoms with E-state index in [1.807, 2.05) is 56.8 Å². The summed E-state index contributed by atoms with van der Waals surface area (Å²) in [4.78, 5) is 6.69. The molecule has 8 heteroatoms. The quantitative estimate of drug-likeness (QED) is 0.349. The molecule has 0 aliphatic heterocycles. The summed E-state index contributed by atoms with van der Waals surface area (Å²) in [6, 6.07) is 18.3. The minimum absolute atomic E-state index is 0.109. The van der Waals surface area contributed by atoms with Crippen LogP contribution in [0.25, 0.3) is 5.69 Å². The van der Waals surface area contributed by atoms with E-state index < -0.39 is 0 Å². The Morgan fingerprint density at radius 1 is 1.03 bits per heavy atom. The van der Waals surface area contributed by atoms with Crippen molar-refractivity contribution in [2.24, 2.45) is 0 Å². The summed E-state index contributed by atoms with van der Waals surface area (Å²) in [7, 11) is 4.08. The van der Waals surface area contributed by atoms with Gasteiger partial charge in [-0.3, -0.25) is 9.47 Å². The number of halogens is 1. The van der Waals surface area contributed by atoms with Crippen LogP contribution < -0.4 is 0 Å². The fourth-order valence-electron chi connectivity index (χ4n) is 3.24. The van der Waals surface area contributed by atoms with Gasteiger partial charge in [0.25, 0.3) is 0 Å². The number of imidazole rings is 1. The minimum atomic E-state index is 0.109. The van der Waals surface area contributed by atoms with E-state index in [9.17, 15) is 0 Å². The number of aromatic nitrogens is 5. The molecule has 31 heavy (non-hydrogen) atoms. The van der Waals surface area contributed by atoms with Gasteiger partial charge in [0.2, 0.25) is 0 Å². The van der Waals surface area contributed by atoms with E-state index in [0.29, 0.717) is 10.8 Å². The second-order valence-corrected chi connectivity index (χ2v) is 8.92. The molecule has 0 fully saturated rings. The lowest BCUT2D eigenvalue weighted by Crippen LogP contribution is -2.20. The Labute approximate surface area is 191 Å². The smallest absolute Gasteiger partial charge is 0.196 e. The lowest BCUT2D eigenvalue weighted by atomic mass is 10.2. The molecule has 160 valence electrons. The summed E-state index contributed by atoms with van der Waals surface area (Å²) in [6.07, 6.45) is 3.87. The van der Waals surface area contributed by atoms with E-state index in [1.54, 1.807) is 11.8 Å². The fourth-order valence-corrected chi connectivity index (χ4v) is 4.29. The van der Waals surface area contributed by atoms with E-state index >= 15 is 0 Å². The molecule has 2 aromatic carbocycles. The van der Waals surface area contributed by atoms with Crippen molar-refractivity contribution in [1.82, 2.24) is 29.2 Å². The lowest BCUT2D eigenvalue weighted by Gasteiger charge is -2.20. The van der Waals surface area contributed by atoms with Gasteiger partial charge in [-0.2, -0.15) is 0 Å². The van der Waals surface area contributed by atoms with Crippen LogP contribution in [0, 0.1) is 0 Å². The first-order chi connectivity index (χ1) is 15.0. The molecule has 0 radical (unpaired) electrons. The highest BCUT2D eigenvalue weighted by Crippen LogP contribution is 2.29. The van der Waals surface area contributed by atoms with Gasteiger partial charge in [-0.25, -0.2) is 4.98 Å². The Balaban J connectivity index is 1.60. The average Bonchev–Trinajstić information content (AvgIpc) is 3.39. The van der Waals surface area contributed by atoms with Crippen molar-refractivity contribution in [3.8, 4) is 5.69 Å². The standard InChI is InChI=1S/C23H25ClN6S/c1-17(28(2)3)22-26-27-23(30(22)20-11-9-19(24)10-12-20)31-16-21-25-13-14-29(21)15-18-7-5-4-6-8-18/h4-14,17H,15-16H2,1-3H3/t17-/m0/s1. The zero-order valence-electron chi connectivity index (χ0n) is 17.8. The molecular formula is C23H25ClN6S. The van der Waals surface area contributed by atoms with Gasteiger partial charge < -0.3 is 4.57 Å². The summed E-state index contributed by atoms with van der Waals surface area (Å²) in [6.45, 7) is 2.92. The predicted molar refractivity (Wildman–Crippen MR) is 126 cm³/mol. The normalized spacial score (nSPS) is 12.4. The first-order valence-electron chi connectivity index (χ1n) is 10.1. The summed E-state index contributed by atoms with van der Waals surface area (Å²) in [5.41, 5.74) is 2.24. The SMILES string of the molecule is C[C@@H](c1nnc(SCc2nccn2Cc2ccccc2)n1-c1ccc(Cl)cc1)N(C)C. The van der Waals surface area contributed by atoms with Crippen molar-refractivity contribution >= 4 is 23.4 Å². The van der Waals surface area contributed by atoms with Crippen LogP contribution in [0.1, 0.15) is 30.2 Å². The molecule has 0 saturated heterocycles. The van der Waals surface area contributed by atoms with Crippen molar-refractivity contribution in [2.75, 3.05) is 14.1 Å². The van der Waals surface area contributed by atoms with Gasteiger partial charge in [-0.1, -0.05) is 53.7 Å². The van der Waals surface area contributed by atoms with Gasteiger partial charge >= 0.3 is 0 Å². The molecule has 0 N–H and O–H groups in total. The third-order valence-electron chi connectivity index (χ3n) is 5.22. The Morgan fingerprint density at radius 2 is 1.77 bits per heavy atom. The Kier molecular flexibility index (Phi) is 6.75. The van der Waals surface area contributed by atoms with Gasteiger partial charge in [0.15, 0.2) is 11.0 Å². The molecule has 0 bridgehead atoms. The zero-order chi connectivity index (χ0) is 21.8. The van der Waals surface area contributed by atoms with Crippen LogP contribution in [0.3, 0.4) is 0 Å². The third-order valence-corrected chi connectivity index (χ3v) is 6.40. The summed E-state index contributed by atoms with van der Waals surface area (Å²) < 4.78 is 4.28. The Morgan fingerprint density at radius 3 is 2.48 bits per heavy atom. The largest absolute Gasteiger partial charge is 0.330 e. The molecule has 0 spiro atoms. The highest BCUT2D eigenvalue weighted by molar-refractivity contribution is 7.98. The Hall–Kier alpha value is -2.61. The fraction of sp³-hybridized carbons (Fsp3) is 0.261. The third kappa shape index (κ3) is 5.01. The van der Waals surface area contributed by atoms with Crippen LogP contribution in [0.2, 0.25) is 5.02 Å². The van der Waals surface area contributed by atoms with Crippen LogP contribution in [-0.2, 0) is 12.3 Å². The number of nitrogens with zero attached hydrogens (tertiary/aromatic N) is 6. The number of thioether (sulfide) groups is 1. The van der Waals surface area contributed by atoms with Crippen molar-refractivity contribution in [3.63, 3.8) is 0 Å². The van der Waals surface area contributed by atoms with E-state index in [4.69, 9.17) is 11.6 Å². The predicted octanol–water partition coefficient (Wildman–Crippen LogP) is 5.08. The molecule has 4 aromatic rings. The highest BCUT2D eigenvalue weighted by Gasteiger charge is 2.21. The Bertz CT molecular complexity index is 1120. The molecule has 4 rings (SSSR count). The van der Waals surface area contributed by atoms with Crippen LogP contribution in [0.4, 0.5) is 0 Å². The van der Waals surface area contributed by atoms with E-state index in [0.717, 1.165) is 29.0 Å². The van der Waals surface area contributed by atoms with Crippen LogP contribution in [0.5, 0.6) is 0 Å². The molecule has 0 saturated carbocycles. The summed E-state index contributed by atoms with van der Waals surface area (Å²) in [5, 5.41) is 10.6.